The number of carbonyl (C=O) groups is 2. The summed E-state index contributed by atoms with van der Waals surface area (Å²) in [7, 11) is 0. The molecule has 0 amide bonds. The maximum absolute atomic E-state index is 11.7. The highest BCUT2D eigenvalue weighted by molar-refractivity contribution is 6.16. The van der Waals surface area contributed by atoms with Gasteiger partial charge in [0.25, 0.3) is 0 Å². The molecule has 0 aromatic heterocycles. The summed E-state index contributed by atoms with van der Waals surface area (Å²) in [5.41, 5.74) is 1.91. The second-order valence-corrected chi connectivity index (χ2v) is 3.49. The molecule has 0 aliphatic rings. The van der Waals surface area contributed by atoms with Crippen molar-refractivity contribution < 1.29 is 14.3 Å². The Morgan fingerprint density at radius 1 is 1.24 bits per heavy atom. The van der Waals surface area contributed by atoms with Gasteiger partial charge < -0.3 is 4.74 Å². The molecule has 1 aromatic carbocycles. The van der Waals surface area contributed by atoms with Crippen molar-refractivity contribution in [2.75, 3.05) is 6.61 Å². The van der Waals surface area contributed by atoms with E-state index in [-0.39, 0.29) is 5.97 Å². The molecule has 0 saturated carbocycles. The van der Waals surface area contributed by atoms with Crippen LogP contribution in [-0.2, 0) is 9.53 Å². The van der Waals surface area contributed by atoms with E-state index in [1.165, 1.54) is 0 Å². The lowest BCUT2D eigenvalue weighted by Gasteiger charge is -2.07. The molecule has 0 unspecified atom stereocenters. The van der Waals surface area contributed by atoms with Gasteiger partial charge in [-0.15, -0.1) is 0 Å². The molecule has 17 heavy (non-hydrogen) atoms. The monoisotopic (exact) mass is 232 g/mol. The Morgan fingerprint density at radius 3 is 2.35 bits per heavy atom. The van der Waals surface area contributed by atoms with Gasteiger partial charge in [-0.2, -0.15) is 0 Å². The Hall–Kier alpha value is -1.90. The van der Waals surface area contributed by atoms with E-state index >= 15 is 0 Å². The van der Waals surface area contributed by atoms with Crippen LogP contribution in [0.25, 0.3) is 5.57 Å². The van der Waals surface area contributed by atoms with Crippen LogP contribution < -0.4 is 0 Å². The zero-order valence-corrected chi connectivity index (χ0v) is 10.1. The molecule has 0 bridgehead atoms. The molecule has 0 N–H and O–H groups in total. The predicted octanol–water partition coefficient (Wildman–Crippen LogP) is 2.86. The number of hydrogen-bond acceptors (Lipinski definition) is 3. The third-order valence-electron chi connectivity index (χ3n) is 2.26. The highest BCUT2D eigenvalue weighted by Crippen LogP contribution is 2.17. The Bertz CT molecular complexity index is 416. The van der Waals surface area contributed by atoms with Gasteiger partial charge in [-0.1, -0.05) is 37.3 Å². The van der Waals surface area contributed by atoms with Crippen molar-refractivity contribution >= 4 is 17.8 Å². The van der Waals surface area contributed by atoms with Gasteiger partial charge in [0, 0.05) is 5.56 Å². The van der Waals surface area contributed by atoms with Gasteiger partial charge in [0.1, 0.15) is 6.29 Å². The number of ether oxygens (including phenoxy) is 1. The number of allylic oxidation sites excluding steroid dienone is 1. The number of rotatable bonds is 5. The van der Waals surface area contributed by atoms with Gasteiger partial charge in [0.05, 0.1) is 12.2 Å². The third-order valence-corrected chi connectivity index (χ3v) is 2.26. The van der Waals surface area contributed by atoms with Crippen LogP contribution in [0.5, 0.6) is 0 Å². The fourth-order valence-corrected chi connectivity index (χ4v) is 1.47. The fourth-order valence-electron chi connectivity index (χ4n) is 1.47. The third kappa shape index (κ3) is 3.55. The highest BCUT2D eigenvalue weighted by atomic mass is 16.5. The zero-order valence-electron chi connectivity index (χ0n) is 10.1. The zero-order chi connectivity index (χ0) is 12.7. The lowest BCUT2D eigenvalue weighted by atomic mass is 10.0. The Morgan fingerprint density at radius 2 is 1.88 bits per heavy atom. The van der Waals surface area contributed by atoms with E-state index in [4.69, 9.17) is 4.74 Å². The molecule has 0 fully saturated rings. The molecule has 0 spiro atoms. The normalized spacial score (nSPS) is 11.1. The second kappa shape index (κ2) is 6.63. The average molecular weight is 232 g/mol. The molecule has 1 aromatic rings. The predicted molar refractivity (Wildman–Crippen MR) is 66.7 cm³/mol. The molecule has 1 rings (SSSR count). The molecule has 0 saturated heterocycles. The smallest absolute Gasteiger partial charge is 0.338 e. The van der Waals surface area contributed by atoms with E-state index in [0.29, 0.717) is 17.7 Å². The summed E-state index contributed by atoms with van der Waals surface area (Å²) in [5.74, 6) is -0.326. The minimum atomic E-state index is -0.326. The van der Waals surface area contributed by atoms with E-state index in [0.717, 1.165) is 18.3 Å². The number of esters is 1. The quantitative estimate of drug-likeness (QED) is 0.445. The first-order valence-corrected chi connectivity index (χ1v) is 5.65. The van der Waals surface area contributed by atoms with Gasteiger partial charge in [-0.05, 0) is 18.9 Å². The summed E-state index contributed by atoms with van der Waals surface area (Å²) in [6.45, 7) is 4.09. The van der Waals surface area contributed by atoms with Crippen LogP contribution in [0.2, 0.25) is 0 Å². The standard InChI is InChI=1S/C14H16O3/c1-3-5-13(14(16)17-4-2)12-8-6-11(10-15)7-9-12/h5-10H,3-4H2,1-2H3. The average Bonchev–Trinajstić information content (AvgIpc) is 2.36. The lowest BCUT2D eigenvalue weighted by Crippen LogP contribution is -2.07. The van der Waals surface area contributed by atoms with E-state index in [1.807, 2.05) is 13.0 Å². The van der Waals surface area contributed by atoms with Crippen molar-refractivity contribution in [3.05, 3.63) is 41.5 Å². The van der Waals surface area contributed by atoms with E-state index in [9.17, 15) is 9.59 Å². The summed E-state index contributed by atoms with van der Waals surface area (Å²) < 4.78 is 4.99. The van der Waals surface area contributed by atoms with Crippen molar-refractivity contribution in [1.82, 2.24) is 0 Å². The van der Waals surface area contributed by atoms with Crippen LogP contribution in [0.4, 0.5) is 0 Å². The topological polar surface area (TPSA) is 43.4 Å². The number of hydrogen-bond donors (Lipinski definition) is 0. The van der Waals surface area contributed by atoms with Crippen molar-refractivity contribution in [1.29, 1.82) is 0 Å². The summed E-state index contributed by atoms with van der Waals surface area (Å²) in [5, 5.41) is 0. The van der Waals surface area contributed by atoms with Gasteiger partial charge in [0.15, 0.2) is 0 Å². The number of carbonyl (C=O) groups excluding carboxylic acids is 2. The van der Waals surface area contributed by atoms with Gasteiger partial charge in [-0.25, -0.2) is 4.79 Å². The van der Waals surface area contributed by atoms with E-state index in [2.05, 4.69) is 0 Å². The van der Waals surface area contributed by atoms with Crippen LogP contribution in [0.15, 0.2) is 30.3 Å². The summed E-state index contributed by atoms with van der Waals surface area (Å²) in [4.78, 5) is 22.3. The largest absolute Gasteiger partial charge is 0.462 e. The first-order chi connectivity index (χ1) is 8.22. The maximum atomic E-state index is 11.7. The Labute approximate surface area is 101 Å². The molecule has 3 nitrogen and oxygen atoms in total. The second-order valence-electron chi connectivity index (χ2n) is 3.49. The number of aldehydes is 1. The fraction of sp³-hybridized carbons (Fsp3) is 0.286. The molecule has 0 radical (unpaired) electrons. The van der Waals surface area contributed by atoms with Crippen LogP contribution in [0.3, 0.4) is 0 Å². The SMILES string of the molecule is CCC=C(C(=O)OCC)c1ccc(C=O)cc1. The Kier molecular flexibility index (Phi) is 5.14. The molecule has 0 heterocycles. The first kappa shape index (κ1) is 13.2. The maximum Gasteiger partial charge on any atom is 0.338 e. The number of benzene rings is 1. The molecule has 0 aliphatic carbocycles. The van der Waals surface area contributed by atoms with Crippen LogP contribution in [0.1, 0.15) is 36.2 Å². The van der Waals surface area contributed by atoms with Gasteiger partial charge in [-0.3, -0.25) is 4.79 Å². The van der Waals surface area contributed by atoms with Crippen molar-refractivity contribution in [3.63, 3.8) is 0 Å². The van der Waals surface area contributed by atoms with Crippen LogP contribution in [-0.4, -0.2) is 18.9 Å². The van der Waals surface area contributed by atoms with Crippen molar-refractivity contribution in [2.24, 2.45) is 0 Å². The molecular formula is C14H16O3. The minimum Gasteiger partial charge on any atom is -0.462 e. The van der Waals surface area contributed by atoms with Gasteiger partial charge >= 0.3 is 5.97 Å². The van der Waals surface area contributed by atoms with E-state index < -0.39 is 0 Å². The van der Waals surface area contributed by atoms with Crippen LogP contribution >= 0.6 is 0 Å². The Balaban J connectivity index is 3.01. The lowest BCUT2D eigenvalue weighted by molar-refractivity contribution is -0.136. The van der Waals surface area contributed by atoms with Crippen molar-refractivity contribution in [2.45, 2.75) is 20.3 Å². The van der Waals surface area contributed by atoms with Gasteiger partial charge in [0.2, 0.25) is 0 Å². The van der Waals surface area contributed by atoms with E-state index in [1.54, 1.807) is 31.2 Å². The summed E-state index contributed by atoms with van der Waals surface area (Å²) >= 11 is 0. The molecule has 90 valence electrons. The molecule has 3 heteroatoms. The van der Waals surface area contributed by atoms with Crippen LogP contribution in [0, 0.1) is 0 Å². The minimum absolute atomic E-state index is 0.326. The summed E-state index contributed by atoms with van der Waals surface area (Å²) in [6.07, 6.45) is 3.36. The first-order valence-electron chi connectivity index (χ1n) is 5.65. The highest BCUT2D eigenvalue weighted by Gasteiger charge is 2.12. The molecule has 0 atom stereocenters. The summed E-state index contributed by atoms with van der Waals surface area (Å²) in [6, 6.07) is 6.88. The molecule has 0 aliphatic heterocycles. The molecular weight excluding hydrogens is 216 g/mol. The van der Waals surface area contributed by atoms with Crippen molar-refractivity contribution in [3.8, 4) is 0 Å².